The molecule has 10 nitrogen and oxygen atoms in total. The number of rotatable bonds is 9. The summed E-state index contributed by atoms with van der Waals surface area (Å²) >= 11 is 0. The highest BCUT2D eigenvalue weighted by molar-refractivity contribution is 6.06. The largest absolute Gasteiger partial charge is 0.392 e. The predicted octanol–water partition coefficient (Wildman–Crippen LogP) is 4.55. The molecule has 0 unspecified atom stereocenters. The fraction of sp³-hybridized carbons (Fsp3) is 0.412. The Bertz CT molecular complexity index is 1750. The van der Waals surface area contributed by atoms with E-state index in [1.54, 1.807) is 30.4 Å². The number of likely N-dealkylation sites (N-methyl/N-ethyl adjacent to an activating group) is 1. The van der Waals surface area contributed by atoms with E-state index in [1.165, 1.54) is 10.1 Å². The minimum atomic E-state index is -0.315. The predicted molar refractivity (Wildman–Crippen MR) is 172 cm³/mol. The van der Waals surface area contributed by atoms with Gasteiger partial charge in [-0.2, -0.15) is 0 Å². The number of carbonyl (C=O) groups excluding carboxylic acids is 1. The lowest BCUT2D eigenvalue weighted by Gasteiger charge is -2.36. The van der Waals surface area contributed by atoms with Crippen LogP contribution in [0.5, 0.6) is 0 Å². The first-order chi connectivity index (χ1) is 21.1. The number of carbonyl (C=O) groups is 1. The Morgan fingerprint density at radius 3 is 2.52 bits per heavy atom. The number of nitrogens with zero attached hydrogens (tertiary/aromatic N) is 6. The number of amides is 1. The molecule has 1 fully saturated rings. The van der Waals surface area contributed by atoms with E-state index in [-0.39, 0.29) is 23.5 Å². The first kappa shape index (κ1) is 29.8. The maximum atomic E-state index is 13.8. The second-order valence-electron chi connectivity index (χ2n) is 13.0. The molecule has 0 saturated carbocycles. The van der Waals surface area contributed by atoms with Gasteiger partial charge in [-0.05, 0) is 59.8 Å². The van der Waals surface area contributed by atoms with Gasteiger partial charge in [-0.1, -0.05) is 33.3 Å². The Kier molecular flexibility index (Phi) is 7.89. The Labute approximate surface area is 258 Å². The number of hydrogen-bond donors (Lipinski definition) is 2. The van der Waals surface area contributed by atoms with Crippen molar-refractivity contribution in [3.8, 4) is 11.1 Å². The standard InChI is InChI=1S/C34H41N7O3/c1-6-34(2,3)15-22-13-29-33(44)41(12-11-40(29)17-22)31-27(21-42)26(9-10-35-31)24-14-28(32(43)39(5)20-24)37-30-8-7-23(16-36-30)25-18-38(4)19-25/h7-10,13-14,16-17,20,25,42H,6,11-12,15,18-19,21H2,1-5H3,(H,36,37). The second kappa shape index (κ2) is 11.7. The van der Waals surface area contributed by atoms with Crippen LogP contribution in [0.15, 0.2) is 59.9 Å². The van der Waals surface area contributed by atoms with Crippen LogP contribution in [0.4, 0.5) is 17.3 Å². The smallest absolute Gasteiger partial charge is 0.276 e. The van der Waals surface area contributed by atoms with Gasteiger partial charge in [0.25, 0.3) is 11.5 Å². The summed E-state index contributed by atoms with van der Waals surface area (Å²) in [5.74, 6) is 1.36. The van der Waals surface area contributed by atoms with Crippen molar-refractivity contribution in [1.29, 1.82) is 0 Å². The molecule has 0 bridgehead atoms. The number of likely N-dealkylation sites (tertiary alicyclic amines) is 1. The number of anilines is 3. The fourth-order valence-corrected chi connectivity index (χ4v) is 6.22. The Morgan fingerprint density at radius 1 is 1.05 bits per heavy atom. The first-order valence-corrected chi connectivity index (χ1v) is 15.3. The number of aromatic nitrogens is 4. The lowest BCUT2D eigenvalue weighted by molar-refractivity contribution is 0.0964. The van der Waals surface area contributed by atoms with E-state index in [1.807, 2.05) is 29.0 Å². The number of hydrogen-bond acceptors (Lipinski definition) is 7. The molecule has 44 heavy (non-hydrogen) atoms. The van der Waals surface area contributed by atoms with E-state index in [0.717, 1.165) is 31.5 Å². The van der Waals surface area contributed by atoms with Gasteiger partial charge in [-0.25, -0.2) is 9.97 Å². The summed E-state index contributed by atoms with van der Waals surface area (Å²) in [6.45, 7) is 9.47. The Morgan fingerprint density at radius 2 is 1.84 bits per heavy atom. The van der Waals surface area contributed by atoms with Crippen LogP contribution in [0.2, 0.25) is 0 Å². The van der Waals surface area contributed by atoms with Crippen molar-refractivity contribution in [2.24, 2.45) is 12.5 Å². The molecule has 10 heteroatoms. The lowest BCUT2D eigenvalue weighted by Crippen LogP contribution is -2.41. The van der Waals surface area contributed by atoms with E-state index in [9.17, 15) is 14.7 Å². The zero-order valence-corrected chi connectivity index (χ0v) is 26.2. The summed E-state index contributed by atoms with van der Waals surface area (Å²) in [5.41, 5.74) is 5.23. The normalized spacial score (nSPS) is 15.8. The van der Waals surface area contributed by atoms with Gasteiger partial charge in [0, 0.05) is 75.1 Å². The molecule has 4 aromatic heterocycles. The SMILES string of the molecule is CCC(C)(C)Cc1cc2n(c1)CCN(c1nccc(-c3cc(Nc4ccc(C5CN(C)C5)cn4)c(=O)n(C)c3)c1CO)C2=O. The van der Waals surface area contributed by atoms with Crippen LogP contribution in [-0.2, 0) is 26.6 Å². The number of aryl methyl sites for hydroxylation is 1. The van der Waals surface area contributed by atoms with Gasteiger partial charge in [-0.15, -0.1) is 0 Å². The van der Waals surface area contributed by atoms with Crippen molar-refractivity contribution < 1.29 is 9.90 Å². The molecule has 6 heterocycles. The third-order valence-electron chi connectivity index (χ3n) is 9.15. The van der Waals surface area contributed by atoms with Gasteiger partial charge in [-0.3, -0.25) is 14.5 Å². The molecule has 0 aliphatic carbocycles. The molecule has 2 N–H and O–H groups in total. The van der Waals surface area contributed by atoms with Crippen LogP contribution in [-0.4, -0.2) is 61.7 Å². The van der Waals surface area contributed by atoms with Gasteiger partial charge >= 0.3 is 0 Å². The fourth-order valence-electron chi connectivity index (χ4n) is 6.22. The number of nitrogens with one attached hydrogen (secondary N) is 1. The van der Waals surface area contributed by atoms with Gasteiger partial charge in [0.1, 0.15) is 23.0 Å². The topological polar surface area (TPSA) is 109 Å². The van der Waals surface area contributed by atoms with Crippen molar-refractivity contribution in [3.63, 3.8) is 0 Å². The lowest BCUT2D eigenvalue weighted by atomic mass is 9.84. The quantitative estimate of drug-likeness (QED) is 0.292. The molecule has 4 aromatic rings. The third-order valence-corrected chi connectivity index (χ3v) is 9.15. The summed E-state index contributed by atoms with van der Waals surface area (Å²) in [5, 5.41) is 13.8. The van der Waals surface area contributed by atoms with Crippen LogP contribution in [0.25, 0.3) is 11.1 Å². The van der Waals surface area contributed by atoms with Crippen LogP contribution < -0.4 is 15.8 Å². The van der Waals surface area contributed by atoms with E-state index in [2.05, 4.69) is 60.3 Å². The summed E-state index contributed by atoms with van der Waals surface area (Å²) in [6.07, 6.45) is 9.29. The van der Waals surface area contributed by atoms with Crippen LogP contribution in [0, 0.1) is 5.41 Å². The average molecular weight is 596 g/mol. The van der Waals surface area contributed by atoms with Gasteiger partial charge in [0.15, 0.2) is 0 Å². The molecular weight excluding hydrogens is 554 g/mol. The molecule has 1 amide bonds. The van der Waals surface area contributed by atoms with Gasteiger partial charge in [0.2, 0.25) is 0 Å². The summed E-state index contributed by atoms with van der Waals surface area (Å²) in [7, 11) is 3.80. The first-order valence-electron chi connectivity index (χ1n) is 15.3. The summed E-state index contributed by atoms with van der Waals surface area (Å²) in [6, 6.07) is 9.52. The zero-order chi connectivity index (χ0) is 31.2. The van der Waals surface area contributed by atoms with E-state index >= 15 is 0 Å². The molecule has 0 aromatic carbocycles. The third kappa shape index (κ3) is 5.67. The second-order valence-corrected chi connectivity index (χ2v) is 13.0. The van der Waals surface area contributed by atoms with Crippen molar-refractivity contribution in [3.05, 3.63) is 87.9 Å². The van der Waals surface area contributed by atoms with Crippen molar-refractivity contribution >= 4 is 23.2 Å². The minimum absolute atomic E-state index is 0.137. The highest BCUT2D eigenvalue weighted by atomic mass is 16.3. The highest BCUT2D eigenvalue weighted by Gasteiger charge is 2.31. The van der Waals surface area contributed by atoms with Crippen molar-refractivity contribution in [1.82, 2.24) is 24.0 Å². The highest BCUT2D eigenvalue weighted by Crippen LogP contribution is 2.34. The molecule has 1 saturated heterocycles. The number of fused-ring (bicyclic) bond motifs is 1. The molecule has 0 spiro atoms. The van der Waals surface area contributed by atoms with Crippen LogP contribution in [0.3, 0.4) is 0 Å². The monoisotopic (exact) mass is 595 g/mol. The maximum Gasteiger partial charge on any atom is 0.276 e. The van der Waals surface area contributed by atoms with E-state index in [0.29, 0.717) is 58.7 Å². The summed E-state index contributed by atoms with van der Waals surface area (Å²) < 4.78 is 3.54. The summed E-state index contributed by atoms with van der Waals surface area (Å²) in [4.78, 5) is 39.9. The molecule has 0 atom stereocenters. The van der Waals surface area contributed by atoms with Crippen LogP contribution >= 0.6 is 0 Å². The molecule has 6 rings (SSSR count). The molecule has 2 aliphatic heterocycles. The van der Waals surface area contributed by atoms with E-state index in [4.69, 9.17) is 0 Å². The zero-order valence-electron chi connectivity index (χ0n) is 26.2. The Hall–Kier alpha value is -4.28. The van der Waals surface area contributed by atoms with Crippen molar-refractivity contribution in [2.75, 3.05) is 36.9 Å². The van der Waals surface area contributed by atoms with E-state index < -0.39 is 0 Å². The number of aliphatic hydroxyl groups excluding tert-OH is 1. The molecule has 230 valence electrons. The average Bonchev–Trinajstić information content (AvgIpc) is 3.40. The molecular formula is C34H41N7O3. The molecule has 0 radical (unpaired) electrons. The van der Waals surface area contributed by atoms with Crippen molar-refractivity contribution in [2.45, 2.75) is 52.7 Å². The van der Waals surface area contributed by atoms with Crippen LogP contribution in [0.1, 0.15) is 60.3 Å². The molecule has 2 aliphatic rings. The van der Waals surface area contributed by atoms with Gasteiger partial charge in [0.05, 0.1) is 6.61 Å². The Balaban J connectivity index is 1.29. The number of aliphatic hydroxyl groups is 1. The van der Waals surface area contributed by atoms with Gasteiger partial charge < -0.3 is 24.5 Å². The maximum absolute atomic E-state index is 13.8. The minimum Gasteiger partial charge on any atom is -0.392 e. The number of pyridine rings is 3.